The highest BCUT2D eigenvalue weighted by atomic mass is 16.5. The van der Waals surface area contributed by atoms with Crippen LogP contribution in [0.2, 0.25) is 0 Å². The van der Waals surface area contributed by atoms with Crippen LogP contribution in [-0.4, -0.2) is 49.0 Å². The fourth-order valence-electron chi connectivity index (χ4n) is 3.31. The lowest BCUT2D eigenvalue weighted by Crippen LogP contribution is -2.48. The van der Waals surface area contributed by atoms with Crippen LogP contribution in [0.25, 0.3) is 0 Å². The van der Waals surface area contributed by atoms with E-state index in [0.29, 0.717) is 44.1 Å². The second kappa shape index (κ2) is 8.34. The van der Waals surface area contributed by atoms with E-state index in [4.69, 9.17) is 10.5 Å². The lowest BCUT2D eigenvalue weighted by Gasteiger charge is -2.32. The van der Waals surface area contributed by atoms with Gasteiger partial charge in [0.2, 0.25) is 5.91 Å². The summed E-state index contributed by atoms with van der Waals surface area (Å²) in [5.41, 5.74) is 5.75. The molecule has 0 radical (unpaired) electrons. The molecule has 2 amide bonds. The molecular formula is C19H27N3O3. The molecule has 1 saturated carbocycles. The van der Waals surface area contributed by atoms with Crippen molar-refractivity contribution in [1.82, 2.24) is 10.2 Å². The summed E-state index contributed by atoms with van der Waals surface area (Å²) in [6.45, 7) is 1.75. The van der Waals surface area contributed by atoms with E-state index < -0.39 is 0 Å². The Morgan fingerprint density at radius 1 is 1.16 bits per heavy atom. The van der Waals surface area contributed by atoms with Crippen molar-refractivity contribution in [3.8, 4) is 5.75 Å². The number of rotatable bonds is 7. The molecule has 25 heavy (non-hydrogen) atoms. The first-order valence-corrected chi connectivity index (χ1v) is 9.13. The van der Waals surface area contributed by atoms with Crippen LogP contribution in [-0.2, 0) is 9.59 Å². The van der Waals surface area contributed by atoms with Gasteiger partial charge in [-0.15, -0.1) is 0 Å². The minimum absolute atomic E-state index is 0.0214. The normalized spacial score (nSPS) is 19.3. The third-order valence-corrected chi connectivity index (χ3v) is 5.10. The van der Waals surface area contributed by atoms with E-state index in [-0.39, 0.29) is 30.4 Å². The van der Waals surface area contributed by atoms with E-state index in [9.17, 15) is 9.59 Å². The van der Waals surface area contributed by atoms with Crippen LogP contribution in [0.1, 0.15) is 25.7 Å². The number of para-hydroxylation sites is 1. The highest BCUT2D eigenvalue weighted by Gasteiger charge is 2.34. The molecule has 1 unspecified atom stereocenters. The predicted molar refractivity (Wildman–Crippen MR) is 95.0 cm³/mol. The van der Waals surface area contributed by atoms with Gasteiger partial charge in [0, 0.05) is 31.6 Å². The molecule has 1 heterocycles. The number of carbonyl (C=O) groups is 2. The highest BCUT2D eigenvalue weighted by Crippen LogP contribution is 2.32. The molecule has 1 atom stereocenters. The number of likely N-dealkylation sites (tertiary alicyclic amines) is 1. The van der Waals surface area contributed by atoms with Gasteiger partial charge in [0.05, 0.1) is 0 Å². The molecule has 136 valence electrons. The third kappa shape index (κ3) is 4.95. The van der Waals surface area contributed by atoms with Crippen molar-refractivity contribution in [1.29, 1.82) is 0 Å². The van der Waals surface area contributed by atoms with Crippen LogP contribution in [0.15, 0.2) is 30.3 Å². The van der Waals surface area contributed by atoms with Crippen LogP contribution >= 0.6 is 0 Å². The Labute approximate surface area is 148 Å². The number of amides is 2. The zero-order valence-corrected chi connectivity index (χ0v) is 14.5. The average molecular weight is 345 g/mol. The van der Waals surface area contributed by atoms with Crippen molar-refractivity contribution in [2.45, 2.75) is 31.7 Å². The Hall–Kier alpha value is -2.08. The average Bonchev–Trinajstić information content (AvgIpc) is 3.50. The number of carbonyl (C=O) groups excluding carboxylic acids is 2. The molecule has 3 N–H and O–H groups in total. The first-order chi connectivity index (χ1) is 12.2. The van der Waals surface area contributed by atoms with Crippen molar-refractivity contribution in [2.75, 3.05) is 26.2 Å². The highest BCUT2D eigenvalue weighted by molar-refractivity contribution is 5.81. The fourth-order valence-corrected chi connectivity index (χ4v) is 3.31. The standard InChI is InChI=1S/C19H27N3O3/c20-12-17(14-6-7-14)21-19(24)15-8-10-22(11-9-15)18(23)13-25-16-4-2-1-3-5-16/h1-5,14-15,17H,6-13,20H2,(H,21,24). The van der Waals surface area contributed by atoms with Gasteiger partial charge in [-0.1, -0.05) is 18.2 Å². The van der Waals surface area contributed by atoms with E-state index >= 15 is 0 Å². The van der Waals surface area contributed by atoms with Gasteiger partial charge in [-0.2, -0.15) is 0 Å². The smallest absolute Gasteiger partial charge is 0.260 e. The summed E-state index contributed by atoms with van der Waals surface area (Å²) in [7, 11) is 0. The van der Waals surface area contributed by atoms with Crippen molar-refractivity contribution >= 4 is 11.8 Å². The summed E-state index contributed by atoms with van der Waals surface area (Å²) in [6.07, 6.45) is 3.72. The number of nitrogens with two attached hydrogens (primary N) is 1. The summed E-state index contributed by atoms with van der Waals surface area (Å²) < 4.78 is 5.51. The summed E-state index contributed by atoms with van der Waals surface area (Å²) in [5, 5.41) is 3.10. The van der Waals surface area contributed by atoms with Gasteiger partial charge in [0.15, 0.2) is 6.61 Å². The Morgan fingerprint density at radius 3 is 2.44 bits per heavy atom. The zero-order valence-electron chi connectivity index (χ0n) is 14.5. The number of benzene rings is 1. The van der Waals surface area contributed by atoms with Crippen molar-refractivity contribution < 1.29 is 14.3 Å². The number of nitrogens with one attached hydrogen (secondary N) is 1. The summed E-state index contributed by atoms with van der Waals surface area (Å²) in [5.74, 6) is 1.30. The third-order valence-electron chi connectivity index (χ3n) is 5.10. The predicted octanol–water partition coefficient (Wildman–Crippen LogP) is 1.16. The van der Waals surface area contributed by atoms with E-state index in [1.807, 2.05) is 30.3 Å². The summed E-state index contributed by atoms with van der Waals surface area (Å²) in [6, 6.07) is 9.43. The molecule has 0 spiro atoms. The first kappa shape index (κ1) is 17.7. The molecule has 3 rings (SSSR count). The van der Waals surface area contributed by atoms with Gasteiger partial charge >= 0.3 is 0 Å². The Kier molecular flexibility index (Phi) is 5.91. The zero-order chi connectivity index (χ0) is 17.6. The number of hydrogen-bond donors (Lipinski definition) is 2. The van der Waals surface area contributed by atoms with Gasteiger partial charge < -0.3 is 20.7 Å². The van der Waals surface area contributed by atoms with Crippen molar-refractivity contribution in [2.24, 2.45) is 17.6 Å². The van der Waals surface area contributed by atoms with E-state index in [0.717, 1.165) is 12.8 Å². The Bertz CT molecular complexity index is 581. The quantitative estimate of drug-likeness (QED) is 0.777. The molecule has 1 saturated heterocycles. The molecule has 6 heteroatoms. The molecule has 1 aromatic carbocycles. The minimum Gasteiger partial charge on any atom is -0.484 e. The molecule has 6 nitrogen and oxygen atoms in total. The number of ether oxygens (including phenoxy) is 1. The largest absolute Gasteiger partial charge is 0.484 e. The molecule has 0 bridgehead atoms. The van der Waals surface area contributed by atoms with Crippen LogP contribution in [0, 0.1) is 11.8 Å². The molecule has 2 fully saturated rings. The maximum atomic E-state index is 12.4. The molecule has 2 aliphatic rings. The van der Waals surface area contributed by atoms with Crippen LogP contribution in [0.5, 0.6) is 5.75 Å². The van der Waals surface area contributed by atoms with E-state index in [1.54, 1.807) is 4.90 Å². The Morgan fingerprint density at radius 2 is 1.84 bits per heavy atom. The van der Waals surface area contributed by atoms with Crippen LogP contribution in [0.4, 0.5) is 0 Å². The summed E-state index contributed by atoms with van der Waals surface area (Å²) >= 11 is 0. The fraction of sp³-hybridized carbons (Fsp3) is 0.579. The molecule has 1 aliphatic carbocycles. The second-order valence-corrected chi connectivity index (χ2v) is 6.95. The van der Waals surface area contributed by atoms with Gasteiger partial charge in [0.25, 0.3) is 5.91 Å². The molecule has 0 aromatic heterocycles. The SMILES string of the molecule is NCC(NC(=O)C1CCN(C(=O)COc2ccccc2)CC1)C1CC1. The van der Waals surface area contributed by atoms with Gasteiger partial charge in [0.1, 0.15) is 5.75 Å². The van der Waals surface area contributed by atoms with Gasteiger partial charge in [-0.05, 0) is 43.7 Å². The minimum atomic E-state index is -0.0273. The summed E-state index contributed by atoms with van der Waals surface area (Å²) in [4.78, 5) is 26.4. The number of hydrogen-bond acceptors (Lipinski definition) is 4. The van der Waals surface area contributed by atoms with Gasteiger partial charge in [-0.3, -0.25) is 9.59 Å². The van der Waals surface area contributed by atoms with Crippen LogP contribution in [0.3, 0.4) is 0 Å². The van der Waals surface area contributed by atoms with E-state index in [1.165, 1.54) is 0 Å². The van der Waals surface area contributed by atoms with E-state index in [2.05, 4.69) is 5.32 Å². The van der Waals surface area contributed by atoms with Crippen molar-refractivity contribution in [3.05, 3.63) is 30.3 Å². The van der Waals surface area contributed by atoms with Crippen LogP contribution < -0.4 is 15.8 Å². The number of piperidine rings is 1. The molecule has 1 aromatic rings. The topological polar surface area (TPSA) is 84.7 Å². The lowest BCUT2D eigenvalue weighted by molar-refractivity contribution is -0.137. The maximum Gasteiger partial charge on any atom is 0.260 e. The number of nitrogens with zero attached hydrogens (tertiary/aromatic N) is 1. The van der Waals surface area contributed by atoms with Gasteiger partial charge in [-0.25, -0.2) is 0 Å². The monoisotopic (exact) mass is 345 g/mol. The first-order valence-electron chi connectivity index (χ1n) is 9.13. The molecule has 1 aliphatic heterocycles. The maximum absolute atomic E-state index is 12.4. The Balaban J connectivity index is 1.40. The second-order valence-electron chi connectivity index (χ2n) is 6.95. The lowest BCUT2D eigenvalue weighted by atomic mass is 9.95. The molecular weight excluding hydrogens is 318 g/mol. The van der Waals surface area contributed by atoms with Crippen molar-refractivity contribution in [3.63, 3.8) is 0 Å².